The molecule has 0 atom stereocenters. The second-order valence-electron chi connectivity index (χ2n) is 2.04. The zero-order chi connectivity index (χ0) is 7.56. The van der Waals surface area contributed by atoms with Crippen LogP contribution in [0.4, 0.5) is 0 Å². The van der Waals surface area contributed by atoms with Gasteiger partial charge in [-0.1, -0.05) is 6.08 Å². The van der Waals surface area contributed by atoms with Gasteiger partial charge < -0.3 is 5.41 Å². The molecule has 52 valence electrons. The summed E-state index contributed by atoms with van der Waals surface area (Å²) in [5, 5.41) is 7.17. The first-order valence-electron chi connectivity index (χ1n) is 2.88. The van der Waals surface area contributed by atoms with Gasteiger partial charge in [0.05, 0.1) is 6.42 Å². The van der Waals surface area contributed by atoms with Crippen LogP contribution >= 0.6 is 12.6 Å². The highest BCUT2D eigenvalue weighted by atomic mass is 32.1. The minimum atomic E-state index is -0.0849. The lowest BCUT2D eigenvalue weighted by molar-refractivity contribution is -0.113. The molecule has 0 aromatic rings. The number of carbonyl (C=O) groups is 1. The molecule has 0 fully saturated rings. The molecule has 0 radical (unpaired) electrons. The van der Waals surface area contributed by atoms with Crippen molar-refractivity contribution in [2.45, 2.75) is 6.42 Å². The number of carbonyl (C=O) groups excluding carboxylic acids is 1. The van der Waals surface area contributed by atoms with Crippen LogP contribution in [0.15, 0.2) is 23.1 Å². The highest BCUT2D eigenvalue weighted by Crippen LogP contribution is 2.09. The summed E-state index contributed by atoms with van der Waals surface area (Å²) >= 11 is 3.93. The molecule has 0 saturated carbocycles. The van der Waals surface area contributed by atoms with Crippen molar-refractivity contribution in [2.24, 2.45) is 0 Å². The Kier molecular flexibility index (Phi) is 2.06. The van der Waals surface area contributed by atoms with Gasteiger partial charge in [-0.05, 0) is 12.2 Å². The van der Waals surface area contributed by atoms with Crippen molar-refractivity contribution in [1.29, 1.82) is 5.41 Å². The fraction of sp³-hybridized carbons (Fsp3) is 0.143. The summed E-state index contributed by atoms with van der Waals surface area (Å²) in [6.45, 7) is 0. The number of Topliss-reactive ketones (excluding diaryl/α,β-unsaturated/α-hetero) is 1. The van der Waals surface area contributed by atoms with Crippen LogP contribution in [0.1, 0.15) is 6.42 Å². The lowest BCUT2D eigenvalue weighted by Gasteiger charge is -1.92. The Morgan fingerprint density at radius 1 is 1.60 bits per heavy atom. The van der Waals surface area contributed by atoms with Gasteiger partial charge in [0.15, 0.2) is 5.78 Å². The van der Waals surface area contributed by atoms with E-state index in [0.29, 0.717) is 10.6 Å². The monoisotopic (exact) mass is 153 g/mol. The first-order chi connectivity index (χ1) is 4.70. The van der Waals surface area contributed by atoms with Gasteiger partial charge in [-0.2, -0.15) is 0 Å². The van der Waals surface area contributed by atoms with Crippen molar-refractivity contribution in [3.63, 3.8) is 0 Å². The molecule has 0 aromatic carbocycles. The van der Waals surface area contributed by atoms with Gasteiger partial charge in [-0.3, -0.25) is 4.79 Å². The van der Waals surface area contributed by atoms with E-state index in [1.54, 1.807) is 18.2 Å². The second kappa shape index (κ2) is 2.84. The smallest absolute Gasteiger partial charge is 0.174 e. The van der Waals surface area contributed by atoms with Crippen molar-refractivity contribution in [1.82, 2.24) is 0 Å². The lowest BCUT2D eigenvalue weighted by atomic mass is 10.2. The SMILES string of the molecule is N=C1C=CC=C(S)C(=O)C1. The Morgan fingerprint density at radius 2 is 2.30 bits per heavy atom. The van der Waals surface area contributed by atoms with Gasteiger partial charge in [-0.15, -0.1) is 12.6 Å². The third kappa shape index (κ3) is 1.57. The molecule has 1 rings (SSSR count). The number of rotatable bonds is 0. The van der Waals surface area contributed by atoms with E-state index in [4.69, 9.17) is 5.41 Å². The number of allylic oxidation sites excluding steroid dienone is 4. The van der Waals surface area contributed by atoms with Crippen LogP contribution in [0.3, 0.4) is 0 Å². The number of hydrogen-bond donors (Lipinski definition) is 2. The molecule has 0 unspecified atom stereocenters. The molecule has 0 aliphatic heterocycles. The van der Waals surface area contributed by atoms with E-state index in [1.165, 1.54) is 0 Å². The van der Waals surface area contributed by atoms with E-state index in [0.717, 1.165) is 0 Å². The van der Waals surface area contributed by atoms with E-state index < -0.39 is 0 Å². The highest BCUT2D eigenvalue weighted by molar-refractivity contribution is 7.85. The number of nitrogens with one attached hydrogen (secondary N) is 1. The fourth-order valence-corrected chi connectivity index (χ4v) is 0.836. The summed E-state index contributed by atoms with van der Waals surface area (Å²) < 4.78 is 0. The van der Waals surface area contributed by atoms with Crippen LogP contribution in [-0.2, 0) is 4.79 Å². The lowest BCUT2D eigenvalue weighted by Crippen LogP contribution is -2.02. The largest absolute Gasteiger partial charge is 0.305 e. The van der Waals surface area contributed by atoms with Crippen LogP contribution in [-0.4, -0.2) is 11.5 Å². The fourth-order valence-electron chi connectivity index (χ4n) is 0.671. The molecule has 1 aliphatic rings. The molecule has 0 bridgehead atoms. The average Bonchev–Trinajstić information content (AvgIpc) is 1.96. The zero-order valence-corrected chi connectivity index (χ0v) is 6.19. The highest BCUT2D eigenvalue weighted by Gasteiger charge is 2.08. The third-order valence-electron chi connectivity index (χ3n) is 1.19. The molecule has 10 heavy (non-hydrogen) atoms. The summed E-state index contributed by atoms with van der Waals surface area (Å²) in [6, 6.07) is 0. The molecular weight excluding hydrogens is 146 g/mol. The third-order valence-corrected chi connectivity index (χ3v) is 1.59. The molecule has 3 heteroatoms. The van der Waals surface area contributed by atoms with E-state index >= 15 is 0 Å². The average molecular weight is 153 g/mol. The van der Waals surface area contributed by atoms with Gasteiger partial charge in [0.2, 0.25) is 0 Å². The van der Waals surface area contributed by atoms with Crippen LogP contribution < -0.4 is 0 Å². The molecule has 0 saturated heterocycles. The first-order valence-corrected chi connectivity index (χ1v) is 3.33. The van der Waals surface area contributed by atoms with Gasteiger partial charge in [0.25, 0.3) is 0 Å². The van der Waals surface area contributed by atoms with E-state index in [-0.39, 0.29) is 12.2 Å². The molecular formula is C7H7NOS. The maximum Gasteiger partial charge on any atom is 0.174 e. The number of ketones is 1. The molecule has 0 spiro atoms. The Balaban J connectivity index is 2.87. The Hall–Kier alpha value is -0.830. The standard InChI is InChI=1S/C7H7NOS/c8-5-2-1-3-7(10)6(9)4-5/h1-3,8,10H,4H2. The summed E-state index contributed by atoms with van der Waals surface area (Å²) in [5.74, 6) is -0.0849. The van der Waals surface area contributed by atoms with Crippen LogP contribution in [0.25, 0.3) is 0 Å². The van der Waals surface area contributed by atoms with E-state index in [1.807, 2.05) is 0 Å². The van der Waals surface area contributed by atoms with Crippen LogP contribution in [0.5, 0.6) is 0 Å². The predicted molar refractivity (Wildman–Crippen MR) is 43.6 cm³/mol. The zero-order valence-electron chi connectivity index (χ0n) is 5.29. The second-order valence-corrected chi connectivity index (χ2v) is 2.52. The minimum Gasteiger partial charge on any atom is -0.305 e. The van der Waals surface area contributed by atoms with Gasteiger partial charge >= 0.3 is 0 Å². The first kappa shape index (κ1) is 7.28. The van der Waals surface area contributed by atoms with Gasteiger partial charge in [0, 0.05) is 10.6 Å². The van der Waals surface area contributed by atoms with Crippen molar-refractivity contribution in [3.05, 3.63) is 23.1 Å². The van der Waals surface area contributed by atoms with E-state index in [2.05, 4.69) is 12.6 Å². The molecule has 1 aliphatic carbocycles. The molecule has 0 aromatic heterocycles. The molecule has 0 amide bonds. The minimum absolute atomic E-state index is 0.0849. The predicted octanol–water partition coefficient (Wildman–Crippen LogP) is 1.35. The number of hydrogen-bond acceptors (Lipinski definition) is 3. The summed E-state index contributed by atoms with van der Waals surface area (Å²) in [7, 11) is 0. The summed E-state index contributed by atoms with van der Waals surface area (Å²) in [5.41, 5.74) is 0.338. The van der Waals surface area contributed by atoms with Gasteiger partial charge in [0.1, 0.15) is 0 Å². The topological polar surface area (TPSA) is 40.9 Å². The number of thiol groups is 1. The summed E-state index contributed by atoms with van der Waals surface area (Å²) in [6.07, 6.45) is 5.04. The maximum absolute atomic E-state index is 10.9. The quantitative estimate of drug-likeness (QED) is 0.507. The van der Waals surface area contributed by atoms with Crippen molar-refractivity contribution < 1.29 is 4.79 Å². The van der Waals surface area contributed by atoms with Gasteiger partial charge in [-0.25, -0.2) is 0 Å². The van der Waals surface area contributed by atoms with Crippen molar-refractivity contribution >= 4 is 24.1 Å². The normalized spacial score (nSPS) is 18.7. The maximum atomic E-state index is 10.9. The molecule has 0 heterocycles. The van der Waals surface area contributed by atoms with Crippen LogP contribution in [0.2, 0.25) is 0 Å². The Labute approximate surface area is 64.5 Å². The van der Waals surface area contributed by atoms with Crippen molar-refractivity contribution in [2.75, 3.05) is 0 Å². The molecule has 1 N–H and O–H groups in total. The van der Waals surface area contributed by atoms with E-state index in [9.17, 15) is 4.79 Å². The summed E-state index contributed by atoms with van der Waals surface area (Å²) in [4.78, 5) is 11.3. The molecule has 2 nitrogen and oxygen atoms in total. The van der Waals surface area contributed by atoms with Crippen LogP contribution in [0, 0.1) is 5.41 Å². The Bertz CT molecular complexity index is 240. The Morgan fingerprint density at radius 3 is 3.00 bits per heavy atom. The van der Waals surface area contributed by atoms with Crippen molar-refractivity contribution in [3.8, 4) is 0 Å².